The topological polar surface area (TPSA) is 384 Å². The van der Waals surface area contributed by atoms with Gasteiger partial charge in [0.1, 0.15) is 0 Å². The number of nitrogens with zero attached hydrogens (tertiary/aromatic N) is 4. The Bertz CT molecular complexity index is 570. The van der Waals surface area contributed by atoms with E-state index < -0.39 is 10.2 Å². The summed E-state index contributed by atoms with van der Waals surface area (Å²) >= 11 is 0. The van der Waals surface area contributed by atoms with Crippen molar-refractivity contribution in [1.82, 2.24) is 34.4 Å². The first-order valence-corrected chi connectivity index (χ1v) is 11.6. The Morgan fingerprint density at radius 2 is 0.818 bits per heavy atom. The summed E-state index contributed by atoms with van der Waals surface area (Å²) in [4.78, 5) is 44.4. The van der Waals surface area contributed by atoms with Crippen molar-refractivity contribution < 1.29 is 96.2 Å². The monoisotopic (exact) mass is 1050 g/mol. The van der Waals surface area contributed by atoms with E-state index in [1.165, 1.54) is 0 Å². The zero-order valence-corrected chi connectivity index (χ0v) is 31.9. The molecule has 44 heavy (non-hydrogen) atoms. The van der Waals surface area contributed by atoms with Gasteiger partial charge in [-0.15, -0.1) is 0 Å². The Morgan fingerprint density at radius 1 is 0.614 bits per heavy atom. The molecular formula is C20H54Cl2N10O10Pt2. The second kappa shape index (κ2) is 51.2. The average Bonchev–Trinajstić information content (AvgIpc) is 2.76. The van der Waals surface area contributed by atoms with Crippen LogP contribution in [0.3, 0.4) is 0 Å². The predicted molar refractivity (Wildman–Crippen MR) is 153 cm³/mol. The molecule has 0 fully saturated rings. The predicted octanol–water partition coefficient (Wildman–Crippen LogP) is -3.17. The van der Waals surface area contributed by atoms with Crippen LogP contribution in [0.2, 0.25) is 0 Å². The summed E-state index contributed by atoms with van der Waals surface area (Å²) < 4.78 is 10.7. The largest absolute Gasteiger partial charge is 2.00 e. The number of hydrogen-bond donors (Lipinski definition) is 6. The summed E-state index contributed by atoms with van der Waals surface area (Å²) in [6.45, 7) is 12.2. The fourth-order valence-corrected chi connectivity index (χ4v) is 2.42. The number of unbranched alkanes of at least 4 members (excludes halogenated alkanes) is 1. The molecule has 24 heteroatoms. The molecule has 16 N–H and O–H groups in total. The fraction of sp³-hybridized carbons (Fsp3) is 0.900. The third-order valence-corrected chi connectivity index (χ3v) is 3.97. The Kier molecular flexibility index (Phi) is 86.0. The van der Waals surface area contributed by atoms with Gasteiger partial charge in [0.2, 0.25) is 0 Å². The van der Waals surface area contributed by atoms with Crippen LogP contribution >= 0.6 is 0 Å². The van der Waals surface area contributed by atoms with E-state index in [2.05, 4.69) is 0 Å². The maximum atomic E-state index is 12.2. The Hall–Kier alpha value is -1.34. The second-order valence-electron chi connectivity index (χ2n) is 8.35. The second-order valence-corrected chi connectivity index (χ2v) is 8.35. The van der Waals surface area contributed by atoms with Gasteiger partial charge in [0.05, 0.1) is 23.4 Å². The maximum Gasteiger partial charge on any atom is 2.00 e. The molecule has 0 heterocycles. The van der Waals surface area contributed by atoms with Gasteiger partial charge in [-0.25, -0.2) is 9.59 Å². The first-order chi connectivity index (χ1) is 16.8. The molecule has 0 aromatic carbocycles. The molecule has 0 spiro atoms. The van der Waals surface area contributed by atoms with Crippen molar-refractivity contribution in [3.8, 4) is 0 Å². The van der Waals surface area contributed by atoms with Crippen LogP contribution in [0.4, 0.5) is 9.59 Å². The number of ether oxygens (including phenoxy) is 2. The Labute approximate surface area is 301 Å². The van der Waals surface area contributed by atoms with Crippen molar-refractivity contribution >= 4 is 12.2 Å². The van der Waals surface area contributed by atoms with E-state index in [4.69, 9.17) is 51.6 Å². The molecule has 0 radical (unpaired) electrons. The fourth-order valence-electron chi connectivity index (χ4n) is 2.42. The molecular weight excluding hydrogens is 1000 g/mol. The minimum absolute atomic E-state index is 0. The van der Waals surface area contributed by atoms with Crippen LogP contribution in [-0.4, -0.2) is 84.6 Å². The van der Waals surface area contributed by atoms with Gasteiger partial charge in [-0.1, -0.05) is 27.7 Å². The number of hydrogen-bond acceptors (Lipinski definition) is 16. The van der Waals surface area contributed by atoms with Gasteiger partial charge in [0.15, 0.2) is 0 Å². The summed E-state index contributed by atoms with van der Waals surface area (Å²) in [5, 5.41) is 29.5. The summed E-state index contributed by atoms with van der Waals surface area (Å²) in [6, 6.07) is 0. The molecule has 278 valence electrons. The van der Waals surface area contributed by atoms with Crippen molar-refractivity contribution in [2.75, 3.05) is 52.5 Å². The smallest absolute Gasteiger partial charge is 1.00 e. The van der Waals surface area contributed by atoms with Gasteiger partial charge in [-0.3, -0.25) is 0 Å². The van der Waals surface area contributed by atoms with Crippen LogP contribution in [0.15, 0.2) is 0 Å². The van der Waals surface area contributed by atoms with E-state index in [1.54, 1.807) is 9.80 Å². The summed E-state index contributed by atoms with van der Waals surface area (Å²) in [7, 11) is 0. The maximum absolute atomic E-state index is 12.2. The molecule has 0 rings (SSSR count). The van der Waals surface area contributed by atoms with Crippen LogP contribution < -0.4 is 60.9 Å². The van der Waals surface area contributed by atoms with E-state index in [0.717, 1.165) is 25.7 Å². The SMILES string of the molecule is CC(C)COC(=O)N(CCCN)CCCCN(CCCN)C(=O)OCC(C)C.N.N.N.N.O=[N+]([O-])[O-].O=[N+]([O-])[O-].[Cl-].[Cl-].[Pt+2].[Pt+2]. The molecule has 0 saturated heterocycles. The number of carbonyl (C=O) groups excluding carboxylic acids is 2. The number of rotatable bonds is 15. The molecule has 0 aliphatic rings. The average molecular weight is 1060 g/mol. The molecule has 0 aromatic heterocycles. The van der Waals surface area contributed by atoms with Gasteiger partial charge in [-0.05, 0) is 50.6 Å². The van der Waals surface area contributed by atoms with Crippen LogP contribution in [0.5, 0.6) is 0 Å². The molecule has 0 aromatic rings. The summed E-state index contributed by atoms with van der Waals surface area (Å²) in [6.07, 6.45) is 2.44. The van der Waals surface area contributed by atoms with Crippen LogP contribution in [0, 0.1) is 42.5 Å². The summed E-state index contributed by atoms with van der Waals surface area (Å²) in [5.74, 6) is 0.599. The minimum Gasteiger partial charge on any atom is -1.00 e. The van der Waals surface area contributed by atoms with Gasteiger partial charge in [0, 0.05) is 26.2 Å². The van der Waals surface area contributed by atoms with E-state index in [0.29, 0.717) is 64.3 Å². The number of carbonyl (C=O) groups is 2. The minimum atomic E-state index is -1.75. The normalized spacial score (nSPS) is 8.09. The first-order valence-electron chi connectivity index (χ1n) is 11.6. The van der Waals surface area contributed by atoms with Crippen LogP contribution in [0.25, 0.3) is 0 Å². The standard InChI is InChI=1S/C20H42N4O4.2ClH.2NO3.4H3N.2Pt/c1-17(2)15-27-19(25)23(13-7-9-21)11-5-6-12-24(14-8-10-22)20(26)28-16-18(3)4;;;2*2-1(3)4;;;;;;/h17-18H,5-16,21-22H2,1-4H3;2*1H;;;4*1H3;;/q;;;2*-1;;;;;2*+2/p-2. The van der Waals surface area contributed by atoms with Gasteiger partial charge in [0.25, 0.3) is 0 Å². The Balaban J connectivity index is -0.0000000674. The number of amides is 2. The van der Waals surface area contributed by atoms with E-state index in [1.807, 2.05) is 27.7 Å². The third kappa shape index (κ3) is 63.8. The zero-order chi connectivity index (χ0) is 28.5. The van der Waals surface area contributed by atoms with Gasteiger partial charge in [-0.2, -0.15) is 0 Å². The molecule has 2 amide bonds. The van der Waals surface area contributed by atoms with Crippen LogP contribution in [-0.2, 0) is 51.6 Å². The molecule has 0 atom stereocenters. The first kappa shape index (κ1) is 73.9. The van der Waals surface area contributed by atoms with Crippen molar-refractivity contribution in [1.29, 1.82) is 0 Å². The molecule has 0 unspecified atom stereocenters. The van der Waals surface area contributed by atoms with E-state index in [-0.39, 0.29) is 104 Å². The zero-order valence-electron chi connectivity index (χ0n) is 25.9. The quantitative estimate of drug-likeness (QED) is 0.0535. The molecule has 0 saturated carbocycles. The van der Waals surface area contributed by atoms with Crippen molar-refractivity contribution in [3.63, 3.8) is 0 Å². The number of nitrogens with two attached hydrogens (primary N) is 2. The number of halogens is 2. The summed E-state index contributed by atoms with van der Waals surface area (Å²) in [5.41, 5.74) is 11.2. The molecule has 20 nitrogen and oxygen atoms in total. The van der Waals surface area contributed by atoms with Gasteiger partial charge >= 0.3 is 54.3 Å². The van der Waals surface area contributed by atoms with Crippen molar-refractivity contribution in [2.24, 2.45) is 23.3 Å². The molecule has 0 bridgehead atoms. The van der Waals surface area contributed by atoms with Crippen molar-refractivity contribution in [2.45, 2.75) is 53.4 Å². The Morgan fingerprint density at radius 3 is 1.00 bits per heavy atom. The molecule has 0 aliphatic heterocycles. The third-order valence-electron chi connectivity index (χ3n) is 3.97. The van der Waals surface area contributed by atoms with E-state index >= 15 is 0 Å². The molecule has 0 aliphatic carbocycles. The van der Waals surface area contributed by atoms with Crippen molar-refractivity contribution in [3.05, 3.63) is 30.6 Å². The van der Waals surface area contributed by atoms with Crippen LogP contribution in [0.1, 0.15) is 53.4 Å². The van der Waals surface area contributed by atoms with E-state index in [9.17, 15) is 9.59 Å². The van der Waals surface area contributed by atoms with Gasteiger partial charge < -0.3 is 111 Å².